The van der Waals surface area contributed by atoms with Gasteiger partial charge in [-0.1, -0.05) is 19.3 Å². The van der Waals surface area contributed by atoms with Crippen molar-refractivity contribution >= 4 is 5.91 Å². The molecule has 0 aliphatic heterocycles. The lowest BCUT2D eigenvalue weighted by atomic mass is 9.94. The second-order valence-corrected chi connectivity index (χ2v) is 4.81. The van der Waals surface area contributed by atoms with E-state index in [0.29, 0.717) is 13.0 Å². The molecule has 0 aromatic heterocycles. The highest BCUT2D eigenvalue weighted by molar-refractivity contribution is 5.79. The Labute approximate surface area is 104 Å². The summed E-state index contributed by atoms with van der Waals surface area (Å²) >= 11 is 0. The molecule has 2 atom stereocenters. The van der Waals surface area contributed by atoms with E-state index in [2.05, 4.69) is 11.4 Å². The van der Waals surface area contributed by atoms with Crippen LogP contribution in [0.3, 0.4) is 0 Å². The van der Waals surface area contributed by atoms with E-state index in [1.54, 1.807) is 0 Å². The third-order valence-electron chi connectivity index (χ3n) is 3.42. The summed E-state index contributed by atoms with van der Waals surface area (Å²) in [5.41, 5.74) is 6.03. The van der Waals surface area contributed by atoms with Crippen LogP contribution in [0.5, 0.6) is 0 Å². The summed E-state index contributed by atoms with van der Waals surface area (Å²) in [4.78, 5) is 11.9. The first-order valence-electron chi connectivity index (χ1n) is 6.66. The molecule has 4 nitrogen and oxygen atoms in total. The van der Waals surface area contributed by atoms with Crippen molar-refractivity contribution < 1.29 is 4.79 Å². The molecule has 1 aliphatic carbocycles. The first-order valence-corrected chi connectivity index (χ1v) is 6.66. The Kier molecular flexibility index (Phi) is 6.64. The molecule has 0 aromatic carbocycles. The van der Waals surface area contributed by atoms with Crippen molar-refractivity contribution in [3.05, 3.63) is 0 Å². The van der Waals surface area contributed by atoms with Gasteiger partial charge in [0.05, 0.1) is 12.0 Å². The molecular formula is C13H23N3O. The molecule has 3 N–H and O–H groups in total. The average molecular weight is 237 g/mol. The van der Waals surface area contributed by atoms with E-state index >= 15 is 0 Å². The third-order valence-corrected chi connectivity index (χ3v) is 3.42. The van der Waals surface area contributed by atoms with Crippen LogP contribution in [0.25, 0.3) is 0 Å². The standard InChI is InChI=1S/C13H23N3O/c14-9-5-2-6-10-16-13(17)11-7-3-1-4-8-12(11)15/h11-12H,1-8,10,15H2,(H,16,17). The number of hydrogen-bond donors (Lipinski definition) is 2. The first kappa shape index (κ1) is 14.0. The minimum atomic E-state index is -0.00605. The van der Waals surface area contributed by atoms with Crippen LogP contribution in [0.4, 0.5) is 0 Å². The first-order chi connectivity index (χ1) is 8.25. The number of nitrogens with one attached hydrogen (secondary N) is 1. The van der Waals surface area contributed by atoms with E-state index in [0.717, 1.165) is 38.5 Å². The molecule has 0 spiro atoms. The van der Waals surface area contributed by atoms with Crippen molar-refractivity contribution in [2.75, 3.05) is 6.54 Å². The van der Waals surface area contributed by atoms with Gasteiger partial charge in [0.1, 0.15) is 0 Å². The van der Waals surface area contributed by atoms with Crippen LogP contribution >= 0.6 is 0 Å². The van der Waals surface area contributed by atoms with Crippen LogP contribution < -0.4 is 11.1 Å². The zero-order valence-corrected chi connectivity index (χ0v) is 10.5. The Balaban J connectivity index is 2.23. The Bertz CT molecular complexity index is 272. The maximum atomic E-state index is 11.9. The topological polar surface area (TPSA) is 78.9 Å². The fourth-order valence-electron chi connectivity index (χ4n) is 2.33. The zero-order chi connectivity index (χ0) is 12.5. The van der Waals surface area contributed by atoms with Gasteiger partial charge in [0.25, 0.3) is 0 Å². The lowest BCUT2D eigenvalue weighted by Crippen LogP contribution is -2.41. The zero-order valence-electron chi connectivity index (χ0n) is 10.5. The highest BCUT2D eigenvalue weighted by Crippen LogP contribution is 2.22. The number of amides is 1. The van der Waals surface area contributed by atoms with Gasteiger partial charge >= 0.3 is 0 Å². The third kappa shape index (κ3) is 5.18. The van der Waals surface area contributed by atoms with Crippen LogP contribution in [0.1, 0.15) is 51.4 Å². The molecule has 0 bridgehead atoms. The Morgan fingerprint density at radius 1 is 1.29 bits per heavy atom. The molecule has 96 valence electrons. The summed E-state index contributed by atoms with van der Waals surface area (Å²) < 4.78 is 0. The largest absolute Gasteiger partial charge is 0.356 e. The van der Waals surface area contributed by atoms with Crippen LogP contribution in [-0.4, -0.2) is 18.5 Å². The van der Waals surface area contributed by atoms with Gasteiger partial charge < -0.3 is 11.1 Å². The molecule has 1 fully saturated rings. The average Bonchev–Trinajstić information content (AvgIpc) is 2.53. The number of carbonyl (C=O) groups excluding carboxylic acids is 1. The van der Waals surface area contributed by atoms with Gasteiger partial charge in [-0.15, -0.1) is 0 Å². The number of rotatable bonds is 5. The van der Waals surface area contributed by atoms with E-state index in [1.807, 2.05) is 0 Å². The fraction of sp³-hybridized carbons (Fsp3) is 0.846. The second kappa shape index (κ2) is 8.08. The Morgan fingerprint density at radius 2 is 2.06 bits per heavy atom. The molecule has 4 heteroatoms. The van der Waals surface area contributed by atoms with Crippen LogP contribution in [0.2, 0.25) is 0 Å². The number of nitriles is 1. The molecule has 2 unspecified atom stereocenters. The van der Waals surface area contributed by atoms with Crippen LogP contribution in [0.15, 0.2) is 0 Å². The summed E-state index contributed by atoms with van der Waals surface area (Å²) in [6, 6.07) is 2.13. The van der Waals surface area contributed by atoms with Gasteiger partial charge in [0, 0.05) is 19.0 Å². The molecule has 17 heavy (non-hydrogen) atoms. The van der Waals surface area contributed by atoms with Gasteiger partial charge in [-0.05, 0) is 25.7 Å². The second-order valence-electron chi connectivity index (χ2n) is 4.81. The van der Waals surface area contributed by atoms with Gasteiger partial charge in [-0.25, -0.2) is 0 Å². The number of unbranched alkanes of at least 4 members (excludes halogenated alkanes) is 2. The van der Waals surface area contributed by atoms with Crippen molar-refractivity contribution in [2.24, 2.45) is 11.7 Å². The Hall–Kier alpha value is -1.08. The van der Waals surface area contributed by atoms with Gasteiger partial charge in [0.2, 0.25) is 5.91 Å². The minimum Gasteiger partial charge on any atom is -0.356 e. The number of hydrogen-bond acceptors (Lipinski definition) is 3. The summed E-state index contributed by atoms with van der Waals surface area (Å²) in [6.45, 7) is 0.670. The lowest BCUT2D eigenvalue weighted by Gasteiger charge is -2.20. The maximum Gasteiger partial charge on any atom is 0.224 e. The van der Waals surface area contributed by atoms with E-state index in [9.17, 15) is 4.79 Å². The summed E-state index contributed by atoms with van der Waals surface area (Å²) in [5.74, 6) is 0.102. The Morgan fingerprint density at radius 3 is 2.82 bits per heavy atom. The fourth-order valence-corrected chi connectivity index (χ4v) is 2.33. The summed E-state index contributed by atoms with van der Waals surface area (Å²) in [6.07, 6.45) is 7.64. The number of carbonyl (C=O) groups is 1. The van der Waals surface area contributed by atoms with Gasteiger partial charge in [-0.2, -0.15) is 5.26 Å². The molecule has 0 saturated heterocycles. The molecule has 1 saturated carbocycles. The van der Waals surface area contributed by atoms with Crippen molar-refractivity contribution in [2.45, 2.75) is 57.4 Å². The smallest absolute Gasteiger partial charge is 0.224 e. The maximum absolute atomic E-state index is 11.9. The molecule has 0 aromatic rings. The molecule has 1 amide bonds. The summed E-state index contributed by atoms with van der Waals surface area (Å²) in [7, 11) is 0. The van der Waals surface area contributed by atoms with Gasteiger partial charge in [-0.3, -0.25) is 4.79 Å². The number of nitrogens with two attached hydrogens (primary N) is 1. The minimum absolute atomic E-state index is 0.00605. The van der Waals surface area contributed by atoms with E-state index in [1.165, 1.54) is 6.42 Å². The quantitative estimate of drug-likeness (QED) is 0.564. The van der Waals surface area contributed by atoms with Crippen molar-refractivity contribution in [1.29, 1.82) is 5.26 Å². The predicted octanol–water partition coefficient (Wildman–Crippen LogP) is 1.70. The van der Waals surface area contributed by atoms with E-state index < -0.39 is 0 Å². The lowest BCUT2D eigenvalue weighted by molar-refractivity contribution is -0.125. The number of nitrogens with zero attached hydrogens (tertiary/aromatic N) is 1. The monoisotopic (exact) mass is 237 g/mol. The molecule has 0 heterocycles. The van der Waals surface area contributed by atoms with E-state index in [4.69, 9.17) is 11.0 Å². The molecular weight excluding hydrogens is 214 g/mol. The summed E-state index contributed by atoms with van der Waals surface area (Å²) in [5, 5.41) is 11.3. The highest BCUT2D eigenvalue weighted by Gasteiger charge is 2.26. The van der Waals surface area contributed by atoms with Crippen LogP contribution in [0, 0.1) is 17.2 Å². The normalized spacial score (nSPS) is 24.7. The van der Waals surface area contributed by atoms with Crippen LogP contribution in [-0.2, 0) is 4.79 Å². The molecule has 1 aliphatic rings. The van der Waals surface area contributed by atoms with Crippen molar-refractivity contribution in [3.63, 3.8) is 0 Å². The van der Waals surface area contributed by atoms with Gasteiger partial charge in [0.15, 0.2) is 0 Å². The predicted molar refractivity (Wildman–Crippen MR) is 67.0 cm³/mol. The SMILES string of the molecule is N#CCCCCNC(=O)C1CCCCCC1N. The highest BCUT2D eigenvalue weighted by atomic mass is 16.1. The van der Waals surface area contributed by atoms with Crippen molar-refractivity contribution in [1.82, 2.24) is 5.32 Å². The molecule has 1 rings (SSSR count). The van der Waals surface area contributed by atoms with Crippen molar-refractivity contribution in [3.8, 4) is 6.07 Å². The molecule has 0 radical (unpaired) electrons. The van der Waals surface area contributed by atoms with E-state index in [-0.39, 0.29) is 17.9 Å².